The van der Waals surface area contributed by atoms with Crippen LogP contribution in [0.4, 0.5) is 11.4 Å². The zero-order chi connectivity index (χ0) is 45.9. The molecular formula is C52H64Cl4N6O7. The lowest BCUT2D eigenvalue weighted by molar-refractivity contribution is -0.126. The first kappa shape index (κ1) is 53.7. The molecule has 6 saturated heterocycles. The first-order chi connectivity index (χ1) is 32.0. The van der Waals surface area contributed by atoms with Gasteiger partial charge >= 0.3 is 0 Å². The molecule has 8 aliphatic rings. The van der Waals surface area contributed by atoms with Crippen molar-refractivity contribution >= 4 is 83.0 Å². The third-order valence-electron chi connectivity index (χ3n) is 14.3. The second kappa shape index (κ2) is 24.0. The second-order valence-electron chi connectivity index (χ2n) is 18.7. The topological polar surface area (TPSA) is 155 Å². The van der Waals surface area contributed by atoms with Crippen LogP contribution < -0.4 is 29.9 Å². The molecule has 6 fully saturated rings. The predicted octanol–water partition coefficient (Wildman–Crippen LogP) is 7.84. The van der Waals surface area contributed by atoms with Crippen molar-refractivity contribution in [1.29, 1.82) is 0 Å². The van der Waals surface area contributed by atoms with Crippen molar-refractivity contribution in [3.63, 3.8) is 0 Å². The van der Waals surface area contributed by atoms with E-state index in [0.717, 1.165) is 90.6 Å². The number of nitrogens with zero attached hydrogens (tertiary/aromatic N) is 4. The number of halogens is 4. The molecule has 0 aliphatic carbocycles. The summed E-state index contributed by atoms with van der Waals surface area (Å²) in [6.07, 6.45) is 6.51. The molecule has 12 rings (SSSR count). The Morgan fingerprint density at radius 3 is 1.29 bits per heavy atom. The number of carbonyl (C=O) groups is 4. The SMILES string of the molecule is CC1Oc2c(C(=O)NC3CN4CCC3CC4)cc(Cl)cc2N(CCCc2ccccc2)C1=O.CC1Oc2c(C(=O)NC3CN4CCC3CC4)cc(Cl)cc2N(CCCc2ccccc2)C1=O.Cl.Cl.O. The van der Waals surface area contributed by atoms with Crippen LogP contribution in [0.5, 0.6) is 11.5 Å². The van der Waals surface area contributed by atoms with Crippen LogP contribution in [0.15, 0.2) is 84.9 Å². The van der Waals surface area contributed by atoms with Crippen LogP contribution in [0.25, 0.3) is 0 Å². The molecular weight excluding hydrogens is 962 g/mol. The predicted molar refractivity (Wildman–Crippen MR) is 276 cm³/mol. The molecule has 4 aromatic rings. The van der Waals surface area contributed by atoms with E-state index >= 15 is 0 Å². The Hall–Kier alpha value is -4.60. The Labute approximate surface area is 427 Å². The fourth-order valence-corrected chi connectivity index (χ4v) is 11.1. The minimum absolute atomic E-state index is 0. The number of nitrogens with one attached hydrogen (secondary N) is 2. The molecule has 372 valence electrons. The summed E-state index contributed by atoms with van der Waals surface area (Å²) in [5.74, 6) is 1.35. The number of rotatable bonds is 12. The zero-order valence-corrected chi connectivity index (χ0v) is 42.3. The Morgan fingerprint density at radius 2 is 0.957 bits per heavy atom. The summed E-state index contributed by atoms with van der Waals surface area (Å²) >= 11 is 12.9. The normalized spacial score (nSPS) is 24.9. The van der Waals surface area contributed by atoms with Crippen molar-refractivity contribution in [3.05, 3.63) is 117 Å². The van der Waals surface area contributed by atoms with Crippen LogP contribution in [0.3, 0.4) is 0 Å². The summed E-state index contributed by atoms with van der Waals surface area (Å²) in [6, 6.07) is 27.5. The molecule has 4 atom stereocenters. The Balaban J connectivity index is 0.000000217. The molecule has 0 saturated carbocycles. The number of piperidine rings is 6. The molecule has 8 heterocycles. The monoisotopic (exact) mass is 1020 g/mol. The number of carbonyl (C=O) groups excluding carboxylic acids is 4. The van der Waals surface area contributed by atoms with E-state index in [1.165, 1.54) is 11.1 Å². The lowest BCUT2D eigenvalue weighted by Crippen LogP contribution is -2.57. The molecule has 17 heteroatoms. The lowest BCUT2D eigenvalue weighted by Gasteiger charge is -2.45. The maximum Gasteiger partial charge on any atom is 0.267 e. The molecule has 0 radical (unpaired) electrons. The molecule has 8 aliphatic heterocycles. The minimum Gasteiger partial charge on any atom is -0.478 e. The van der Waals surface area contributed by atoms with Crippen molar-refractivity contribution in [2.24, 2.45) is 11.8 Å². The molecule has 4 bridgehead atoms. The first-order valence-electron chi connectivity index (χ1n) is 23.8. The standard InChI is InChI=1S/2C26H30ClN3O3.2ClH.H2O/c2*1-17-26(32)30(11-5-8-18-6-3-2-4-7-18)23-15-20(27)14-21(24(23)33-17)25(31)28-22-16-29-12-9-19(22)10-13-29;;;/h2*2-4,6-7,14-15,17,19,22H,5,8-13,16H2,1H3,(H,28,31);2*1H;1H2. The maximum atomic E-state index is 13.3. The van der Waals surface area contributed by atoms with Gasteiger partial charge in [0, 0.05) is 48.3 Å². The average Bonchev–Trinajstić information content (AvgIpc) is 3.33. The highest BCUT2D eigenvalue weighted by Crippen LogP contribution is 2.42. The van der Waals surface area contributed by atoms with E-state index in [9.17, 15) is 19.2 Å². The summed E-state index contributed by atoms with van der Waals surface area (Å²) in [5.41, 5.74) is 4.43. The number of amides is 4. The number of benzene rings is 4. The van der Waals surface area contributed by atoms with Gasteiger partial charge in [0.15, 0.2) is 23.7 Å². The van der Waals surface area contributed by atoms with E-state index < -0.39 is 12.2 Å². The smallest absolute Gasteiger partial charge is 0.267 e. The number of hydrogen-bond donors (Lipinski definition) is 2. The fraction of sp³-hybridized carbons (Fsp3) is 0.462. The highest BCUT2D eigenvalue weighted by Gasteiger charge is 2.40. The first-order valence-corrected chi connectivity index (χ1v) is 24.5. The number of ether oxygens (including phenoxy) is 2. The van der Waals surface area contributed by atoms with Gasteiger partial charge in [0.25, 0.3) is 23.6 Å². The molecule has 4 aromatic carbocycles. The third kappa shape index (κ3) is 12.3. The zero-order valence-electron chi connectivity index (χ0n) is 39.2. The fourth-order valence-electron chi connectivity index (χ4n) is 10.7. The van der Waals surface area contributed by atoms with Gasteiger partial charge in [-0.25, -0.2) is 0 Å². The Morgan fingerprint density at radius 1 is 0.594 bits per heavy atom. The Bertz CT molecular complexity index is 2250. The van der Waals surface area contributed by atoms with Gasteiger partial charge in [0.2, 0.25) is 0 Å². The van der Waals surface area contributed by atoms with E-state index in [4.69, 9.17) is 32.7 Å². The van der Waals surface area contributed by atoms with E-state index in [1.807, 2.05) is 36.4 Å². The summed E-state index contributed by atoms with van der Waals surface area (Å²) in [4.78, 5) is 60.9. The molecule has 4 N–H and O–H groups in total. The quantitative estimate of drug-likeness (QED) is 0.146. The minimum atomic E-state index is -0.654. The van der Waals surface area contributed by atoms with Gasteiger partial charge in [0.1, 0.15) is 0 Å². The largest absolute Gasteiger partial charge is 0.478 e. The number of hydrogen-bond acceptors (Lipinski definition) is 8. The molecule has 13 nitrogen and oxygen atoms in total. The third-order valence-corrected chi connectivity index (χ3v) is 14.7. The molecule has 69 heavy (non-hydrogen) atoms. The summed E-state index contributed by atoms with van der Waals surface area (Å²) < 4.78 is 12.0. The maximum absolute atomic E-state index is 13.3. The molecule has 0 aromatic heterocycles. The van der Waals surface area contributed by atoms with Crippen LogP contribution in [0.2, 0.25) is 10.0 Å². The van der Waals surface area contributed by atoms with E-state index in [1.54, 1.807) is 47.9 Å². The van der Waals surface area contributed by atoms with Crippen molar-refractivity contribution in [3.8, 4) is 11.5 Å². The van der Waals surface area contributed by atoms with Gasteiger partial charge in [-0.15, -0.1) is 24.8 Å². The van der Waals surface area contributed by atoms with Crippen LogP contribution in [0, 0.1) is 11.8 Å². The van der Waals surface area contributed by atoms with E-state index in [-0.39, 0.29) is 66.0 Å². The van der Waals surface area contributed by atoms with Gasteiger partial charge in [-0.2, -0.15) is 0 Å². The van der Waals surface area contributed by atoms with Crippen LogP contribution in [0.1, 0.15) is 84.2 Å². The summed E-state index contributed by atoms with van der Waals surface area (Å²) in [6.45, 7) is 10.8. The van der Waals surface area contributed by atoms with Gasteiger partial charge in [-0.05, 0) is 139 Å². The van der Waals surface area contributed by atoms with Crippen molar-refractivity contribution in [2.45, 2.75) is 89.5 Å². The van der Waals surface area contributed by atoms with Crippen molar-refractivity contribution in [1.82, 2.24) is 20.4 Å². The van der Waals surface area contributed by atoms with Gasteiger partial charge < -0.3 is 45.2 Å². The summed E-state index contributed by atoms with van der Waals surface area (Å²) in [5, 5.41) is 7.30. The van der Waals surface area contributed by atoms with Gasteiger partial charge in [-0.3, -0.25) is 19.2 Å². The highest BCUT2D eigenvalue weighted by molar-refractivity contribution is 6.32. The van der Waals surface area contributed by atoms with Crippen LogP contribution >= 0.6 is 48.0 Å². The lowest BCUT2D eigenvalue weighted by atomic mass is 9.84. The number of anilines is 2. The van der Waals surface area contributed by atoms with Gasteiger partial charge in [0.05, 0.1) is 22.5 Å². The van der Waals surface area contributed by atoms with Crippen molar-refractivity contribution < 1.29 is 34.1 Å². The second-order valence-corrected chi connectivity index (χ2v) is 19.6. The molecule has 4 amide bonds. The van der Waals surface area contributed by atoms with Gasteiger partial charge in [-0.1, -0.05) is 83.9 Å². The molecule has 4 unspecified atom stereocenters. The number of fused-ring (bicyclic) bond motifs is 8. The molecule has 0 spiro atoms. The highest BCUT2D eigenvalue weighted by atomic mass is 35.5. The Kier molecular flexibility index (Phi) is 18.7. The number of aryl methyl sites for hydroxylation is 2. The summed E-state index contributed by atoms with van der Waals surface area (Å²) in [7, 11) is 0. The van der Waals surface area contributed by atoms with E-state index in [0.29, 0.717) is 69.0 Å². The average molecular weight is 1030 g/mol. The van der Waals surface area contributed by atoms with Crippen LogP contribution in [-0.4, -0.2) is 116 Å². The van der Waals surface area contributed by atoms with Crippen molar-refractivity contribution in [2.75, 3.05) is 62.2 Å². The van der Waals surface area contributed by atoms with E-state index in [2.05, 4.69) is 44.7 Å². The van der Waals surface area contributed by atoms with Crippen LogP contribution in [-0.2, 0) is 22.4 Å².